The summed E-state index contributed by atoms with van der Waals surface area (Å²) in [5.41, 5.74) is -0.162. The minimum absolute atomic E-state index is 0.0125. The molecule has 0 amide bonds. The van der Waals surface area contributed by atoms with E-state index in [1.165, 1.54) is 18.2 Å². The molecule has 0 radical (unpaired) electrons. The van der Waals surface area contributed by atoms with Gasteiger partial charge in [-0.25, -0.2) is 4.39 Å². The van der Waals surface area contributed by atoms with Crippen LogP contribution in [0.1, 0.15) is 18.4 Å². The molecule has 76 valence electrons. The van der Waals surface area contributed by atoms with Gasteiger partial charge in [0, 0.05) is 12.8 Å². The summed E-state index contributed by atoms with van der Waals surface area (Å²) >= 11 is 5.62. The fourth-order valence-electron chi connectivity index (χ4n) is 1.76. The lowest BCUT2D eigenvalue weighted by atomic mass is 9.65. The van der Waals surface area contributed by atoms with Gasteiger partial charge in [-0.05, 0) is 17.7 Å². The molecule has 15 heavy (non-hydrogen) atoms. The van der Waals surface area contributed by atoms with E-state index in [-0.39, 0.29) is 23.6 Å². The standard InChI is InChI=1S/C11H7ClFNO/c12-9-3-7(1-2-10(9)13)11(6-14)4-8(15)5-11/h1-3H,4-5H2. The van der Waals surface area contributed by atoms with Crippen LogP contribution in [-0.4, -0.2) is 5.78 Å². The normalized spacial score (nSPS) is 18.1. The van der Waals surface area contributed by atoms with Crippen molar-refractivity contribution in [3.63, 3.8) is 0 Å². The number of benzene rings is 1. The van der Waals surface area contributed by atoms with Gasteiger partial charge in [-0.3, -0.25) is 4.79 Å². The van der Waals surface area contributed by atoms with E-state index < -0.39 is 11.2 Å². The summed E-state index contributed by atoms with van der Waals surface area (Å²) in [4.78, 5) is 10.9. The lowest BCUT2D eigenvalue weighted by molar-refractivity contribution is -0.126. The summed E-state index contributed by atoms with van der Waals surface area (Å²) in [7, 11) is 0. The molecule has 0 spiro atoms. The predicted molar refractivity (Wildman–Crippen MR) is 52.9 cm³/mol. The zero-order chi connectivity index (χ0) is 11.1. The topological polar surface area (TPSA) is 40.9 Å². The van der Waals surface area contributed by atoms with Gasteiger partial charge in [-0.1, -0.05) is 17.7 Å². The van der Waals surface area contributed by atoms with Crippen molar-refractivity contribution in [2.24, 2.45) is 0 Å². The minimum Gasteiger partial charge on any atom is -0.300 e. The number of halogens is 2. The number of ketones is 1. The molecule has 1 fully saturated rings. The number of nitriles is 1. The van der Waals surface area contributed by atoms with E-state index in [0.29, 0.717) is 5.56 Å². The van der Waals surface area contributed by atoms with E-state index in [1.807, 2.05) is 0 Å². The Labute approximate surface area is 91.3 Å². The first kappa shape index (κ1) is 10.1. The zero-order valence-corrected chi connectivity index (χ0v) is 8.51. The van der Waals surface area contributed by atoms with E-state index in [4.69, 9.17) is 16.9 Å². The van der Waals surface area contributed by atoms with Gasteiger partial charge in [0.1, 0.15) is 11.6 Å². The van der Waals surface area contributed by atoms with Crippen LogP contribution >= 0.6 is 11.6 Å². The minimum atomic E-state index is -0.783. The highest BCUT2D eigenvalue weighted by Crippen LogP contribution is 2.41. The molecule has 1 aliphatic carbocycles. The average Bonchev–Trinajstić information content (AvgIpc) is 2.17. The van der Waals surface area contributed by atoms with Crippen LogP contribution in [0.25, 0.3) is 0 Å². The van der Waals surface area contributed by atoms with E-state index in [9.17, 15) is 9.18 Å². The molecule has 0 unspecified atom stereocenters. The summed E-state index contributed by atoms with van der Waals surface area (Å²) in [6.07, 6.45) is 0.400. The van der Waals surface area contributed by atoms with Gasteiger partial charge in [0.15, 0.2) is 0 Å². The monoisotopic (exact) mass is 223 g/mol. The van der Waals surface area contributed by atoms with Gasteiger partial charge in [-0.2, -0.15) is 5.26 Å². The first-order valence-corrected chi connectivity index (χ1v) is 4.84. The molecule has 1 aromatic carbocycles. The maximum atomic E-state index is 12.9. The quantitative estimate of drug-likeness (QED) is 0.734. The number of Topliss-reactive ketones (excluding diaryl/α,β-unsaturated/α-hetero) is 1. The van der Waals surface area contributed by atoms with Crippen LogP contribution in [0.3, 0.4) is 0 Å². The van der Waals surface area contributed by atoms with Gasteiger partial charge in [0.05, 0.1) is 16.5 Å². The Hall–Kier alpha value is -1.40. The summed E-state index contributed by atoms with van der Waals surface area (Å²) in [5, 5.41) is 9.02. The third-order valence-electron chi connectivity index (χ3n) is 2.68. The Bertz CT molecular complexity index is 470. The smallest absolute Gasteiger partial charge is 0.141 e. The molecule has 1 aromatic rings. The number of hydrogen-bond acceptors (Lipinski definition) is 2. The highest BCUT2D eigenvalue weighted by Gasteiger charge is 2.45. The number of carbonyl (C=O) groups is 1. The van der Waals surface area contributed by atoms with Crippen LogP contribution < -0.4 is 0 Å². The van der Waals surface area contributed by atoms with Crippen LogP contribution in [0, 0.1) is 17.1 Å². The van der Waals surface area contributed by atoms with Gasteiger partial charge in [0.25, 0.3) is 0 Å². The zero-order valence-electron chi connectivity index (χ0n) is 7.76. The van der Waals surface area contributed by atoms with Crippen LogP contribution in [0.2, 0.25) is 5.02 Å². The van der Waals surface area contributed by atoms with Crippen molar-refractivity contribution in [1.29, 1.82) is 5.26 Å². The number of carbonyl (C=O) groups excluding carboxylic acids is 1. The lowest BCUT2D eigenvalue weighted by Crippen LogP contribution is -2.40. The van der Waals surface area contributed by atoms with Crippen molar-refractivity contribution >= 4 is 17.4 Å². The Morgan fingerprint density at radius 3 is 2.60 bits per heavy atom. The first-order valence-electron chi connectivity index (χ1n) is 4.46. The molecule has 0 atom stereocenters. The second-order valence-electron chi connectivity index (χ2n) is 3.72. The summed E-state index contributed by atoms with van der Waals surface area (Å²) in [6, 6.07) is 6.26. The van der Waals surface area contributed by atoms with Crippen LogP contribution in [0.4, 0.5) is 4.39 Å². The third kappa shape index (κ3) is 1.51. The molecule has 0 heterocycles. The Kier molecular flexibility index (Phi) is 2.24. The Morgan fingerprint density at radius 1 is 1.47 bits per heavy atom. The number of hydrogen-bond donors (Lipinski definition) is 0. The largest absolute Gasteiger partial charge is 0.300 e. The van der Waals surface area contributed by atoms with Crippen LogP contribution in [0.15, 0.2) is 18.2 Å². The fraction of sp³-hybridized carbons (Fsp3) is 0.273. The molecular weight excluding hydrogens is 217 g/mol. The van der Waals surface area contributed by atoms with E-state index in [0.717, 1.165) is 0 Å². The van der Waals surface area contributed by atoms with Crippen LogP contribution in [-0.2, 0) is 10.2 Å². The fourth-order valence-corrected chi connectivity index (χ4v) is 1.94. The lowest BCUT2D eigenvalue weighted by Gasteiger charge is -2.34. The third-order valence-corrected chi connectivity index (χ3v) is 2.97. The van der Waals surface area contributed by atoms with Crippen molar-refractivity contribution in [2.75, 3.05) is 0 Å². The van der Waals surface area contributed by atoms with Crippen molar-refractivity contribution in [3.05, 3.63) is 34.6 Å². The maximum absolute atomic E-state index is 12.9. The molecular formula is C11H7ClFNO. The highest BCUT2D eigenvalue weighted by atomic mass is 35.5. The van der Waals surface area contributed by atoms with E-state index >= 15 is 0 Å². The molecule has 0 bridgehead atoms. The number of rotatable bonds is 1. The molecule has 2 rings (SSSR count). The van der Waals surface area contributed by atoms with Crippen molar-refractivity contribution < 1.29 is 9.18 Å². The summed E-state index contributed by atoms with van der Waals surface area (Å²) < 4.78 is 12.9. The maximum Gasteiger partial charge on any atom is 0.141 e. The average molecular weight is 224 g/mol. The first-order chi connectivity index (χ1) is 7.07. The molecule has 1 aliphatic rings. The van der Waals surface area contributed by atoms with Gasteiger partial charge in [-0.15, -0.1) is 0 Å². The summed E-state index contributed by atoms with van der Waals surface area (Å²) in [5.74, 6) is -0.462. The molecule has 0 aliphatic heterocycles. The second kappa shape index (κ2) is 3.32. The van der Waals surface area contributed by atoms with Crippen molar-refractivity contribution in [1.82, 2.24) is 0 Å². The molecule has 4 heteroatoms. The van der Waals surface area contributed by atoms with Crippen molar-refractivity contribution in [2.45, 2.75) is 18.3 Å². The molecule has 0 aromatic heterocycles. The van der Waals surface area contributed by atoms with E-state index in [1.54, 1.807) is 0 Å². The highest BCUT2D eigenvalue weighted by molar-refractivity contribution is 6.30. The van der Waals surface area contributed by atoms with Gasteiger partial charge in [0.2, 0.25) is 0 Å². The molecule has 1 saturated carbocycles. The number of nitrogens with zero attached hydrogens (tertiary/aromatic N) is 1. The molecule has 2 nitrogen and oxygen atoms in total. The second-order valence-corrected chi connectivity index (χ2v) is 4.12. The van der Waals surface area contributed by atoms with E-state index in [2.05, 4.69) is 6.07 Å². The molecule has 0 N–H and O–H groups in total. The Morgan fingerprint density at radius 2 is 2.13 bits per heavy atom. The van der Waals surface area contributed by atoms with Crippen LogP contribution in [0.5, 0.6) is 0 Å². The summed E-state index contributed by atoms with van der Waals surface area (Å²) in [6.45, 7) is 0. The van der Waals surface area contributed by atoms with Crippen molar-refractivity contribution in [3.8, 4) is 6.07 Å². The predicted octanol–water partition coefficient (Wildman–Crippen LogP) is 2.60. The SMILES string of the molecule is N#CC1(c2ccc(F)c(Cl)c2)CC(=O)C1. The molecule has 0 saturated heterocycles. The Balaban J connectivity index is 2.42. The van der Waals surface area contributed by atoms with Gasteiger partial charge >= 0.3 is 0 Å². The van der Waals surface area contributed by atoms with Gasteiger partial charge < -0.3 is 0 Å².